The smallest absolute Gasteiger partial charge is 0.326 e. The second-order valence-corrected chi connectivity index (χ2v) is 4.10. The first-order chi connectivity index (χ1) is 6.99. The van der Waals surface area contributed by atoms with Crippen molar-refractivity contribution >= 4 is 11.9 Å². The van der Waals surface area contributed by atoms with Crippen LogP contribution in [0.5, 0.6) is 0 Å². The highest BCUT2D eigenvalue weighted by atomic mass is 16.4. The quantitative estimate of drug-likeness (QED) is 0.695. The average molecular weight is 214 g/mol. The Morgan fingerprint density at radius 2 is 2.20 bits per heavy atom. The molecular weight excluding hydrogens is 196 g/mol. The van der Waals surface area contributed by atoms with Gasteiger partial charge in [0, 0.05) is 6.54 Å². The van der Waals surface area contributed by atoms with E-state index in [0.717, 1.165) is 6.42 Å². The Labute approximate surface area is 89.2 Å². The summed E-state index contributed by atoms with van der Waals surface area (Å²) in [6.07, 6.45) is 1.27. The van der Waals surface area contributed by atoms with E-state index >= 15 is 0 Å². The lowest BCUT2D eigenvalue weighted by atomic mass is 10.0. The van der Waals surface area contributed by atoms with Gasteiger partial charge in [-0.05, 0) is 18.8 Å². The molecule has 1 aliphatic heterocycles. The molecule has 1 amide bonds. The largest absolute Gasteiger partial charge is 0.480 e. The van der Waals surface area contributed by atoms with Crippen molar-refractivity contribution in [3.8, 4) is 0 Å². The molecule has 0 aromatic heterocycles. The SMILES string of the molecule is CC[C@H](N)C(=O)N1CCC(C)C1C(=O)O. The van der Waals surface area contributed by atoms with Crippen molar-refractivity contribution in [2.75, 3.05) is 6.54 Å². The zero-order valence-corrected chi connectivity index (χ0v) is 9.14. The van der Waals surface area contributed by atoms with Gasteiger partial charge in [0.25, 0.3) is 0 Å². The van der Waals surface area contributed by atoms with Crippen LogP contribution in [0.1, 0.15) is 26.7 Å². The fraction of sp³-hybridized carbons (Fsp3) is 0.800. The maximum atomic E-state index is 11.8. The number of carboxylic acid groups (broad SMARTS) is 1. The van der Waals surface area contributed by atoms with Gasteiger partial charge >= 0.3 is 5.97 Å². The number of carbonyl (C=O) groups excluding carboxylic acids is 1. The van der Waals surface area contributed by atoms with Crippen LogP contribution >= 0.6 is 0 Å². The first-order valence-electron chi connectivity index (χ1n) is 5.27. The summed E-state index contributed by atoms with van der Waals surface area (Å²) in [5, 5.41) is 9.02. The topological polar surface area (TPSA) is 83.6 Å². The molecule has 86 valence electrons. The van der Waals surface area contributed by atoms with Crippen LogP contribution in [0.3, 0.4) is 0 Å². The second-order valence-electron chi connectivity index (χ2n) is 4.10. The molecular formula is C10H18N2O3. The van der Waals surface area contributed by atoms with Crippen molar-refractivity contribution in [2.24, 2.45) is 11.7 Å². The van der Waals surface area contributed by atoms with E-state index < -0.39 is 18.1 Å². The number of carbonyl (C=O) groups is 2. The summed E-state index contributed by atoms with van der Waals surface area (Å²) in [4.78, 5) is 24.2. The van der Waals surface area contributed by atoms with Gasteiger partial charge in [0.1, 0.15) is 6.04 Å². The molecule has 3 atom stereocenters. The molecule has 1 heterocycles. The van der Waals surface area contributed by atoms with Gasteiger partial charge in [-0.2, -0.15) is 0 Å². The number of nitrogens with zero attached hydrogens (tertiary/aromatic N) is 1. The minimum atomic E-state index is -0.934. The number of amides is 1. The zero-order chi connectivity index (χ0) is 11.6. The molecule has 1 saturated heterocycles. The molecule has 0 aromatic rings. The fourth-order valence-electron chi connectivity index (χ4n) is 1.96. The van der Waals surface area contributed by atoms with Crippen molar-refractivity contribution in [3.05, 3.63) is 0 Å². The van der Waals surface area contributed by atoms with Crippen LogP contribution in [0.2, 0.25) is 0 Å². The number of hydrogen-bond donors (Lipinski definition) is 2. The van der Waals surface area contributed by atoms with E-state index in [2.05, 4.69) is 0 Å². The van der Waals surface area contributed by atoms with E-state index in [1.165, 1.54) is 4.90 Å². The van der Waals surface area contributed by atoms with Crippen LogP contribution in [0.4, 0.5) is 0 Å². The summed E-state index contributed by atoms with van der Waals surface area (Å²) < 4.78 is 0. The molecule has 0 aliphatic carbocycles. The Bertz CT molecular complexity index is 267. The maximum Gasteiger partial charge on any atom is 0.326 e. The van der Waals surface area contributed by atoms with Crippen LogP contribution in [-0.2, 0) is 9.59 Å². The number of carboxylic acids is 1. The molecule has 1 fully saturated rings. The van der Waals surface area contributed by atoms with Gasteiger partial charge in [0.05, 0.1) is 6.04 Å². The zero-order valence-electron chi connectivity index (χ0n) is 9.14. The van der Waals surface area contributed by atoms with Gasteiger partial charge < -0.3 is 15.7 Å². The van der Waals surface area contributed by atoms with E-state index in [-0.39, 0.29) is 11.8 Å². The lowest BCUT2D eigenvalue weighted by molar-refractivity contribution is -0.149. The Hall–Kier alpha value is -1.10. The third-order valence-corrected chi connectivity index (χ3v) is 2.99. The normalized spacial score (nSPS) is 27.8. The van der Waals surface area contributed by atoms with Gasteiger partial charge in [0.2, 0.25) is 5.91 Å². The number of aliphatic carboxylic acids is 1. The summed E-state index contributed by atoms with van der Waals surface area (Å²) in [7, 11) is 0. The highest BCUT2D eigenvalue weighted by Gasteiger charge is 2.40. The van der Waals surface area contributed by atoms with Gasteiger partial charge in [0.15, 0.2) is 0 Å². The van der Waals surface area contributed by atoms with Gasteiger partial charge in [-0.15, -0.1) is 0 Å². The molecule has 2 unspecified atom stereocenters. The molecule has 1 aliphatic rings. The highest BCUT2D eigenvalue weighted by Crippen LogP contribution is 2.24. The molecule has 0 bridgehead atoms. The molecule has 5 nitrogen and oxygen atoms in total. The summed E-state index contributed by atoms with van der Waals surface area (Å²) in [5.41, 5.74) is 5.62. The molecule has 3 N–H and O–H groups in total. The van der Waals surface area contributed by atoms with Crippen LogP contribution < -0.4 is 5.73 Å². The molecule has 0 radical (unpaired) electrons. The van der Waals surface area contributed by atoms with Crippen LogP contribution in [-0.4, -0.2) is 40.5 Å². The standard InChI is InChI=1S/C10H18N2O3/c1-3-7(11)9(13)12-5-4-6(2)8(12)10(14)15/h6-8H,3-5,11H2,1-2H3,(H,14,15)/t6?,7-,8?/m0/s1. The maximum absolute atomic E-state index is 11.8. The summed E-state index contributed by atoms with van der Waals surface area (Å²) in [6, 6.07) is -1.27. The summed E-state index contributed by atoms with van der Waals surface area (Å²) >= 11 is 0. The molecule has 15 heavy (non-hydrogen) atoms. The van der Waals surface area contributed by atoms with E-state index in [1.807, 2.05) is 13.8 Å². The number of likely N-dealkylation sites (tertiary alicyclic amines) is 1. The van der Waals surface area contributed by atoms with Crippen LogP contribution in [0.15, 0.2) is 0 Å². The number of rotatable bonds is 3. The Balaban J connectivity index is 2.77. The number of nitrogens with two attached hydrogens (primary N) is 1. The molecule has 0 saturated carbocycles. The van der Waals surface area contributed by atoms with Crippen molar-refractivity contribution in [1.82, 2.24) is 4.90 Å². The molecule has 1 rings (SSSR count). The lowest BCUT2D eigenvalue weighted by Crippen LogP contribution is -2.49. The predicted molar refractivity (Wildman–Crippen MR) is 55.2 cm³/mol. The van der Waals surface area contributed by atoms with E-state index in [9.17, 15) is 9.59 Å². The molecule has 5 heteroatoms. The van der Waals surface area contributed by atoms with Crippen LogP contribution in [0.25, 0.3) is 0 Å². The average Bonchev–Trinajstić information content (AvgIpc) is 2.57. The first-order valence-corrected chi connectivity index (χ1v) is 5.27. The third-order valence-electron chi connectivity index (χ3n) is 2.99. The minimum Gasteiger partial charge on any atom is -0.480 e. The summed E-state index contributed by atoms with van der Waals surface area (Å²) in [6.45, 7) is 4.17. The summed E-state index contributed by atoms with van der Waals surface area (Å²) in [5.74, 6) is -1.17. The van der Waals surface area contributed by atoms with Crippen LogP contribution in [0, 0.1) is 5.92 Å². The third kappa shape index (κ3) is 2.28. The number of hydrogen-bond acceptors (Lipinski definition) is 3. The van der Waals surface area contributed by atoms with E-state index in [1.54, 1.807) is 0 Å². The van der Waals surface area contributed by atoms with Gasteiger partial charge in [-0.3, -0.25) is 4.79 Å². The van der Waals surface area contributed by atoms with Gasteiger partial charge in [-0.25, -0.2) is 4.79 Å². The van der Waals surface area contributed by atoms with Crippen molar-refractivity contribution in [1.29, 1.82) is 0 Å². The van der Waals surface area contributed by atoms with Gasteiger partial charge in [-0.1, -0.05) is 13.8 Å². The van der Waals surface area contributed by atoms with Crippen molar-refractivity contribution in [2.45, 2.75) is 38.8 Å². The lowest BCUT2D eigenvalue weighted by Gasteiger charge is -2.25. The van der Waals surface area contributed by atoms with E-state index in [0.29, 0.717) is 13.0 Å². The van der Waals surface area contributed by atoms with Crippen molar-refractivity contribution in [3.63, 3.8) is 0 Å². The Morgan fingerprint density at radius 1 is 1.60 bits per heavy atom. The monoisotopic (exact) mass is 214 g/mol. The Kier molecular flexibility index (Phi) is 3.68. The first kappa shape index (κ1) is 12.0. The molecule has 0 spiro atoms. The minimum absolute atomic E-state index is 0.00973. The predicted octanol–water partition coefficient (Wildman–Crippen LogP) is 0.0453. The fourth-order valence-corrected chi connectivity index (χ4v) is 1.96. The Morgan fingerprint density at radius 3 is 2.67 bits per heavy atom. The second kappa shape index (κ2) is 4.61. The van der Waals surface area contributed by atoms with E-state index in [4.69, 9.17) is 10.8 Å². The molecule has 0 aromatic carbocycles. The highest BCUT2D eigenvalue weighted by molar-refractivity contribution is 5.87. The van der Waals surface area contributed by atoms with Crippen molar-refractivity contribution < 1.29 is 14.7 Å².